The molecular formula is C15H13F. The van der Waals surface area contributed by atoms with Gasteiger partial charge < -0.3 is 0 Å². The summed E-state index contributed by atoms with van der Waals surface area (Å²) in [6.45, 7) is 3.74. The maximum absolute atomic E-state index is 12.8. The highest BCUT2D eigenvalue weighted by atomic mass is 19.1. The molecule has 0 aliphatic carbocycles. The zero-order chi connectivity index (χ0) is 11.4. The van der Waals surface area contributed by atoms with Crippen LogP contribution < -0.4 is 0 Å². The smallest absolute Gasteiger partial charge is 0.123 e. The van der Waals surface area contributed by atoms with Crippen LogP contribution in [0.25, 0.3) is 11.1 Å². The Labute approximate surface area is 95.1 Å². The van der Waals surface area contributed by atoms with Crippen molar-refractivity contribution in [2.75, 3.05) is 0 Å². The molecular weight excluding hydrogens is 199 g/mol. The first-order chi connectivity index (χ1) is 7.81. The summed E-state index contributed by atoms with van der Waals surface area (Å²) in [6, 6.07) is 14.7. The molecule has 0 atom stereocenters. The van der Waals surface area contributed by atoms with E-state index < -0.39 is 0 Å². The van der Waals surface area contributed by atoms with Crippen molar-refractivity contribution in [3.8, 4) is 11.1 Å². The third-order valence-corrected chi connectivity index (χ3v) is 2.54. The zero-order valence-corrected chi connectivity index (χ0v) is 8.99. The van der Waals surface area contributed by atoms with Crippen LogP contribution in [0.15, 0.2) is 61.2 Å². The minimum Gasteiger partial charge on any atom is -0.207 e. The lowest BCUT2D eigenvalue weighted by Gasteiger charge is -2.07. The normalized spacial score (nSPS) is 10.1. The molecule has 0 fully saturated rings. The fourth-order valence-corrected chi connectivity index (χ4v) is 1.76. The molecule has 0 heterocycles. The van der Waals surface area contributed by atoms with Crippen LogP contribution in [0.4, 0.5) is 4.39 Å². The average molecular weight is 212 g/mol. The molecule has 16 heavy (non-hydrogen) atoms. The first-order valence-electron chi connectivity index (χ1n) is 5.26. The second kappa shape index (κ2) is 4.75. The van der Waals surface area contributed by atoms with E-state index in [0.29, 0.717) is 0 Å². The largest absolute Gasteiger partial charge is 0.207 e. The summed E-state index contributed by atoms with van der Waals surface area (Å²) in [5, 5.41) is 0. The van der Waals surface area contributed by atoms with Crippen molar-refractivity contribution in [1.82, 2.24) is 0 Å². The molecule has 0 radical (unpaired) electrons. The van der Waals surface area contributed by atoms with Gasteiger partial charge in [-0.05, 0) is 35.2 Å². The molecule has 0 aliphatic heterocycles. The fraction of sp³-hybridized carbons (Fsp3) is 0.0667. The summed E-state index contributed by atoms with van der Waals surface area (Å²) in [7, 11) is 0. The van der Waals surface area contributed by atoms with Gasteiger partial charge in [-0.1, -0.05) is 42.5 Å². The van der Waals surface area contributed by atoms with Gasteiger partial charge in [0.05, 0.1) is 0 Å². The Bertz CT molecular complexity index is 483. The van der Waals surface area contributed by atoms with Crippen LogP contribution in [-0.2, 0) is 6.42 Å². The third-order valence-electron chi connectivity index (χ3n) is 2.54. The Morgan fingerprint density at radius 2 is 1.69 bits per heavy atom. The Hall–Kier alpha value is -1.89. The number of allylic oxidation sites excluding steroid dienone is 1. The molecule has 2 rings (SSSR count). The van der Waals surface area contributed by atoms with Gasteiger partial charge in [-0.25, -0.2) is 4.39 Å². The van der Waals surface area contributed by atoms with Crippen LogP contribution in [0.2, 0.25) is 0 Å². The Morgan fingerprint density at radius 3 is 2.38 bits per heavy atom. The topological polar surface area (TPSA) is 0 Å². The van der Waals surface area contributed by atoms with Crippen LogP contribution in [0.5, 0.6) is 0 Å². The Balaban J connectivity index is 2.46. The van der Waals surface area contributed by atoms with Gasteiger partial charge in [-0.15, -0.1) is 6.58 Å². The van der Waals surface area contributed by atoms with Crippen LogP contribution in [0, 0.1) is 5.82 Å². The lowest BCUT2D eigenvalue weighted by atomic mass is 9.98. The summed E-state index contributed by atoms with van der Waals surface area (Å²) in [4.78, 5) is 0. The molecule has 80 valence electrons. The first kappa shape index (κ1) is 10.6. The summed E-state index contributed by atoms with van der Waals surface area (Å²) < 4.78 is 12.8. The molecule has 0 N–H and O–H groups in total. The first-order valence-corrected chi connectivity index (χ1v) is 5.26. The predicted octanol–water partition coefficient (Wildman–Crippen LogP) is 4.22. The number of rotatable bonds is 3. The minimum atomic E-state index is -0.204. The van der Waals surface area contributed by atoms with E-state index in [1.807, 2.05) is 24.3 Å². The number of hydrogen-bond donors (Lipinski definition) is 0. The van der Waals surface area contributed by atoms with E-state index in [-0.39, 0.29) is 5.82 Å². The molecule has 0 bridgehead atoms. The predicted molar refractivity (Wildman–Crippen MR) is 65.7 cm³/mol. The van der Waals surface area contributed by atoms with Gasteiger partial charge in [0.25, 0.3) is 0 Å². The van der Waals surface area contributed by atoms with Gasteiger partial charge in [-0.3, -0.25) is 0 Å². The van der Waals surface area contributed by atoms with Gasteiger partial charge >= 0.3 is 0 Å². The summed E-state index contributed by atoms with van der Waals surface area (Å²) in [5.41, 5.74) is 3.39. The Morgan fingerprint density at radius 1 is 1.00 bits per heavy atom. The number of halogens is 1. The van der Waals surface area contributed by atoms with E-state index >= 15 is 0 Å². The maximum Gasteiger partial charge on any atom is 0.123 e. The molecule has 0 spiro atoms. The summed E-state index contributed by atoms with van der Waals surface area (Å²) in [6.07, 6.45) is 2.70. The standard InChI is InChI=1S/C15H13F/c1-2-5-12-6-3-4-7-15(12)13-8-10-14(16)11-9-13/h2-4,6-11H,1,5H2. The van der Waals surface area contributed by atoms with Crippen LogP contribution in [0.3, 0.4) is 0 Å². The third kappa shape index (κ3) is 2.19. The zero-order valence-electron chi connectivity index (χ0n) is 8.99. The van der Waals surface area contributed by atoms with Crippen molar-refractivity contribution in [3.63, 3.8) is 0 Å². The quantitative estimate of drug-likeness (QED) is 0.668. The molecule has 0 aliphatic rings. The number of benzene rings is 2. The van der Waals surface area contributed by atoms with Crippen molar-refractivity contribution >= 4 is 0 Å². The molecule has 2 aromatic carbocycles. The van der Waals surface area contributed by atoms with Gasteiger partial charge in [0.2, 0.25) is 0 Å². The molecule has 0 saturated carbocycles. The lowest BCUT2D eigenvalue weighted by Crippen LogP contribution is -1.87. The van der Waals surface area contributed by atoms with Gasteiger partial charge in [-0.2, -0.15) is 0 Å². The van der Waals surface area contributed by atoms with Gasteiger partial charge in [0.1, 0.15) is 5.82 Å². The van der Waals surface area contributed by atoms with E-state index in [4.69, 9.17) is 0 Å². The van der Waals surface area contributed by atoms with Crippen molar-refractivity contribution in [2.45, 2.75) is 6.42 Å². The second-order valence-electron chi connectivity index (χ2n) is 3.66. The summed E-state index contributed by atoms with van der Waals surface area (Å²) >= 11 is 0. The highest BCUT2D eigenvalue weighted by Crippen LogP contribution is 2.24. The Kier molecular flexibility index (Phi) is 3.16. The van der Waals surface area contributed by atoms with Crippen LogP contribution in [-0.4, -0.2) is 0 Å². The SMILES string of the molecule is C=CCc1ccccc1-c1ccc(F)cc1. The van der Waals surface area contributed by atoms with E-state index in [2.05, 4.69) is 12.6 Å². The maximum atomic E-state index is 12.8. The molecule has 0 unspecified atom stereocenters. The fourth-order valence-electron chi connectivity index (χ4n) is 1.76. The van der Waals surface area contributed by atoms with Gasteiger partial charge in [0, 0.05) is 0 Å². The average Bonchev–Trinajstić information content (AvgIpc) is 2.32. The van der Waals surface area contributed by atoms with E-state index in [1.165, 1.54) is 17.7 Å². The van der Waals surface area contributed by atoms with E-state index in [9.17, 15) is 4.39 Å². The molecule has 0 amide bonds. The second-order valence-corrected chi connectivity index (χ2v) is 3.66. The van der Waals surface area contributed by atoms with E-state index in [1.54, 1.807) is 12.1 Å². The van der Waals surface area contributed by atoms with Crippen molar-refractivity contribution < 1.29 is 4.39 Å². The highest BCUT2D eigenvalue weighted by Gasteiger charge is 2.02. The van der Waals surface area contributed by atoms with Crippen molar-refractivity contribution in [3.05, 3.63) is 72.6 Å². The lowest BCUT2D eigenvalue weighted by molar-refractivity contribution is 0.628. The van der Waals surface area contributed by atoms with E-state index in [0.717, 1.165) is 17.5 Å². The minimum absolute atomic E-state index is 0.204. The molecule has 0 aromatic heterocycles. The monoisotopic (exact) mass is 212 g/mol. The molecule has 1 heteroatoms. The molecule has 2 aromatic rings. The van der Waals surface area contributed by atoms with Gasteiger partial charge in [0.15, 0.2) is 0 Å². The van der Waals surface area contributed by atoms with Crippen LogP contribution in [0.1, 0.15) is 5.56 Å². The van der Waals surface area contributed by atoms with Crippen molar-refractivity contribution in [2.24, 2.45) is 0 Å². The molecule has 0 saturated heterocycles. The van der Waals surface area contributed by atoms with Crippen molar-refractivity contribution in [1.29, 1.82) is 0 Å². The highest BCUT2D eigenvalue weighted by molar-refractivity contribution is 5.67. The number of hydrogen-bond acceptors (Lipinski definition) is 0. The van der Waals surface area contributed by atoms with Crippen LogP contribution >= 0.6 is 0 Å². The summed E-state index contributed by atoms with van der Waals surface area (Å²) in [5.74, 6) is -0.204. The molecule has 0 nitrogen and oxygen atoms in total.